The first-order valence-electron chi connectivity index (χ1n) is 12.5. The summed E-state index contributed by atoms with van der Waals surface area (Å²) in [6.07, 6.45) is 0.444. The van der Waals surface area contributed by atoms with Gasteiger partial charge in [0.25, 0.3) is 11.8 Å². The van der Waals surface area contributed by atoms with Crippen LogP contribution in [-0.4, -0.2) is 38.0 Å². The Labute approximate surface area is 223 Å². The molecular formula is C30H35N3O5. The summed E-state index contributed by atoms with van der Waals surface area (Å²) in [5, 5.41) is 8.59. The molecule has 0 aliphatic heterocycles. The lowest BCUT2D eigenvalue weighted by molar-refractivity contribution is -0.123. The Morgan fingerprint density at radius 3 is 1.76 bits per heavy atom. The molecule has 0 radical (unpaired) electrons. The molecule has 0 saturated carbocycles. The van der Waals surface area contributed by atoms with Gasteiger partial charge in [-0.15, -0.1) is 0 Å². The third-order valence-corrected chi connectivity index (χ3v) is 5.93. The summed E-state index contributed by atoms with van der Waals surface area (Å²) in [7, 11) is 3.17. The van der Waals surface area contributed by atoms with E-state index in [4.69, 9.17) is 9.47 Å². The zero-order valence-electron chi connectivity index (χ0n) is 22.2. The van der Waals surface area contributed by atoms with Gasteiger partial charge in [0.1, 0.15) is 17.5 Å². The number of carbonyl (C=O) groups excluding carboxylic acids is 3. The van der Waals surface area contributed by atoms with Crippen LogP contribution >= 0.6 is 0 Å². The second-order valence-corrected chi connectivity index (χ2v) is 9.30. The van der Waals surface area contributed by atoms with Crippen LogP contribution in [0.25, 0.3) is 0 Å². The average molecular weight is 518 g/mol. The van der Waals surface area contributed by atoms with Gasteiger partial charge in [0.15, 0.2) is 0 Å². The van der Waals surface area contributed by atoms with E-state index >= 15 is 0 Å². The van der Waals surface area contributed by atoms with Gasteiger partial charge in [0.05, 0.1) is 25.3 Å². The van der Waals surface area contributed by atoms with Gasteiger partial charge in [-0.1, -0.05) is 50.2 Å². The monoisotopic (exact) mass is 517 g/mol. The van der Waals surface area contributed by atoms with Crippen molar-refractivity contribution in [2.45, 2.75) is 39.4 Å². The minimum absolute atomic E-state index is 0.157. The maximum atomic E-state index is 13.3. The smallest absolute Gasteiger partial charge is 0.252 e. The molecule has 38 heavy (non-hydrogen) atoms. The standard InChI is InChI=1S/C30H35N3O5/c1-20(2)15-27(30(36)32-19-22-10-8-12-24(17-22)38-4)33-29(35)26-14-6-5-13-25(26)28(34)31-18-21-9-7-11-23(16-21)37-3/h5-14,16-17,20,27H,15,18-19H2,1-4H3,(H,31,34)(H,32,36)(H,33,35). The van der Waals surface area contributed by atoms with E-state index in [9.17, 15) is 14.4 Å². The Morgan fingerprint density at radius 2 is 1.24 bits per heavy atom. The Balaban J connectivity index is 1.69. The molecule has 8 nitrogen and oxygen atoms in total. The predicted octanol–water partition coefficient (Wildman–Crippen LogP) is 4.09. The van der Waals surface area contributed by atoms with Crippen molar-refractivity contribution in [3.05, 3.63) is 95.1 Å². The zero-order valence-corrected chi connectivity index (χ0v) is 22.2. The highest BCUT2D eigenvalue weighted by atomic mass is 16.5. The highest BCUT2D eigenvalue weighted by molar-refractivity contribution is 6.08. The van der Waals surface area contributed by atoms with E-state index in [0.29, 0.717) is 24.5 Å². The zero-order chi connectivity index (χ0) is 27.5. The summed E-state index contributed by atoms with van der Waals surface area (Å²) in [6, 6.07) is 20.6. The number of nitrogens with one attached hydrogen (secondary N) is 3. The molecule has 0 aromatic heterocycles. The maximum absolute atomic E-state index is 13.3. The van der Waals surface area contributed by atoms with Crippen molar-refractivity contribution in [1.82, 2.24) is 16.0 Å². The van der Waals surface area contributed by atoms with Crippen molar-refractivity contribution in [2.75, 3.05) is 14.2 Å². The van der Waals surface area contributed by atoms with Crippen LogP contribution in [0.4, 0.5) is 0 Å². The summed E-state index contributed by atoms with van der Waals surface area (Å²) in [5.41, 5.74) is 2.17. The van der Waals surface area contributed by atoms with Crippen molar-refractivity contribution in [1.29, 1.82) is 0 Å². The minimum Gasteiger partial charge on any atom is -0.497 e. The first kappa shape index (κ1) is 28.2. The topological polar surface area (TPSA) is 106 Å². The van der Waals surface area contributed by atoms with E-state index < -0.39 is 11.9 Å². The van der Waals surface area contributed by atoms with Crippen LogP contribution < -0.4 is 25.4 Å². The van der Waals surface area contributed by atoms with Gasteiger partial charge in [-0.3, -0.25) is 14.4 Å². The van der Waals surface area contributed by atoms with Crippen molar-refractivity contribution >= 4 is 17.7 Å². The average Bonchev–Trinajstić information content (AvgIpc) is 2.94. The van der Waals surface area contributed by atoms with Crippen LogP contribution in [-0.2, 0) is 17.9 Å². The first-order chi connectivity index (χ1) is 18.3. The molecule has 200 valence electrons. The number of carbonyl (C=O) groups is 3. The molecule has 1 unspecified atom stereocenters. The van der Waals surface area contributed by atoms with Gasteiger partial charge < -0.3 is 25.4 Å². The van der Waals surface area contributed by atoms with Crippen molar-refractivity contribution < 1.29 is 23.9 Å². The van der Waals surface area contributed by atoms with Crippen LogP contribution in [0.5, 0.6) is 11.5 Å². The molecule has 3 aromatic carbocycles. The largest absolute Gasteiger partial charge is 0.497 e. The molecule has 0 bridgehead atoms. The summed E-state index contributed by atoms with van der Waals surface area (Å²) in [4.78, 5) is 39.3. The van der Waals surface area contributed by atoms with Gasteiger partial charge in [-0.25, -0.2) is 0 Å². The van der Waals surface area contributed by atoms with Crippen LogP contribution in [0.2, 0.25) is 0 Å². The molecule has 8 heteroatoms. The second kappa shape index (κ2) is 13.8. The number of methoxy groups -OCH3 is 2. The van der Waals surface area contributed by atoms with Gasteiger partial charge >= 0.3 is 0 Å². The summed E-state index contributed by atoms with van der Waals surface area (Å²) in [5.74, 6) is 0.377. The molecule has 0 aliphatic rings. The van der Waals surface area contributed by atoms with Crippen molar-refractivity contribution in [3.63, 3.8) is 0 Å². The van der Waals surface area contributed by atoms with Crippen LogP contribution in [0.3, 0.4) is 0 Å². The fourth-order valence-electron chi connectivity index (χ4n) is 3.97. The Hall–Kier alpha value is -4.33. The molecule has 0 aliphatic carbocycles. The number of ether oxygens (including phenoxy) is 2. The highest BCUT2D eigenvalue weighted by Gasteiger charge is 2.25. The normalized spacial score (nSPS) is 11.4. The highest BCUT2D eigenvalue weighted by Crippen LogP contribution is 2.15. The molecule has 3 aromatic rings. The molecule has 1 atom stereocenters. The molecule has 0 heterocycles. The number of rotatable bonds is 12. The van der Waals surface area contributed by atoms with E-state index in [0.717, 1.165) is 11.1 Å². The Bertz CT molecular complexity index is 1260. The lowest BCUT2D eigenvalue weighted by Gasteiger charge is -2.21. The minimum atomic E-state index is -0.763. The van der Waals surface area contributed by atoms with E-state index in [1.54, 1.807) is 38.5 Å². The van der Waals surface area contributed by atoms with Crippen LogP contribution in [0.15, 0.2) is 72.8 Å². The van der Waals surface area contributed by atoms with E-state index in [2.05, 4.69) is 16.0 Å². The van der Waals surface area contributed by atoms with Gasteiger partial charge in [-0.05, 0) is 59.9 Å². The molecule has 0 fully saturated rings. The third-order valence-electron chi connectivity index (χ3n) is 5.93. The SMILES string of the molecule is COc1cccc(CNC(=O)c2ccccc2C(=O)NC(CC(C)C)C(=O)NCc2cccc(OC)c2)c1. The second-order valence-electron chi connectivity index (χ2n) is 9.30. The van der Waals surface area contributed by atoms with Gasteiger partial charge in [0, 0.05) is 13.1 Å². The first-order valence-corrected chi connectivity index (χ1v) is 12.5. The molecule has 3 N–H and O–H groups in total. The molecule has 3 rings (SSSR count). The van der Waals surface area contributed by atoms with Crippen molar-refractivity contribution in [3.8, 4) is 11.5 Å². The summed E-state index contributed by atoms with van der Waals surface area (Å²) >= 11 is 0. The number of benzene rings is 3. The van der Waals surface area contributed by atoms with Gasteiger partial charge in [-0.2, -0.15) is 0 Å². The lowest BCUT2D eigenvalue weighted by Crippen LogP contribution is -2.47. The maximum Gasteiger partial charge on any atom is 0.252 e. The molecule has 3 amide bonds. The fourth-order valence-corrected chi connectivity index (χ4v) is 3.97. The van der Waals surface area contributed by atoms with Crippen molar-refractivity contribution in [2.24, 2.45) is 5.92 Å². The Morgan fingerprint density at radius 1 is 0.711 bits per heavy atom. The third kappa shape index (κ3) is 8.09. The van der Waals surface area contributed by atoms with E-state index in [-0.39, 0.29) is 35.4 Å². The molecule has 0 saturated heterocycles. The predicted molar refractivity (Wildman–Crippen MR) is 146 cm³/mol. The number of hydrogen-bond acceptors (Lipinski definition) is 5. The fraction of sp³-hybridized carbons (Fsp3) is 0.300. The van der Waals surface area contributed by atoms with Crippen LogP contribution in [0, 0.1) is 5.92 Å². The lowest BCUT2D eigenvalue weighted by atomic mass is 10.0. The van der Waals surface area contributed by atoms with Crippen LogP contribution in [0.1, 0.15) is 52.1 Å². The Kier molecular flexibility index (Phi) is 10.3. The summed E-state index contributed by atoms with van der Waals surface area (Å²) in [6.45, 7) is 4.53. The van der Waals surface area contributed by atoms with Gasteiger partial charge in [0.2, 0.25) is 5.91 Å². The molecule has 0 spiro atoms. The number of hydrogen-bond donors (Lipinski definition) is 3. The van der Waals surface area contributed by atoms with E-state index in [1.807, 2.05) is 62.4 Å². The molecular weight excluding hydrogens is 482 g/mol. The van der Waals surface area contributed by atoms with E-state index in [1.165, 1.54) is 0 Å². The quantitative estimate of drug-likeness (QED) is 0.336. The number of amides is 3. The summed E-state index contributed by atoms with van der Waals surface area (Å²) < 4.78 is 10.5.